The number of alkyl halides is 1. The van der Waals surface area contributed by atoms with Crippen LogP contribution in [0.15, 0.2) is 24.3 Å². The highest BCUT2D eigenvalue weighted by Gasteiger charge is 2.19. The minimum atomic E-state index is -0.916. The van der Waals surface area contributed by atoms with Crippen molar-refractivity contribution in [2.75, 3.05) is 44.3 Å². The number of nitrogens with zero attached hydrogens (tertiary/aromatic N) is 3. The SMILES string of the molecule is O=[N+]([O-])c1ccc(N2CCN(CC(O)CF)CC2)cc1. The highest BCUT2D eigenvalue weighted by atomic mass is 19.1. The Bertz CT molecular complexity index is 447. The molecule has 20 heavy (non-hydrogen) atoms. The van der Waals surface area contributed by atoms with Gasteiger partial charge in [-0.05, 0) is 12.1 Å². The second-order valence-electron chi connectivity index (χ2n) is 4.87. The molecular weight excluding hydrogens is 265 g/mol. The van der Waals surface area contributed by atoms with E-state index in [1.807, 2.05) is 4.90 Å². The minimum Gasteiger partial charge on any atom is -0.389 e. The molecule has 1 unspecified atom stereocenters. The van der Waals surface area contributed by atoms with Gasteiger partial charge in [-0.25, -0.2) is 4.39 Å². The van der Waals surface area contributed by atoms with Crippen LogP contribution in [0.4, 0.5) is 15.8 Å². The van der Waals surface area contributed by atoms with Crippen LogP contribution in [0.2, 0.25) is 0 Å². The molecule has 0 spiro atoms. The van der Waals surface area contributed by atoms with Crippen LogP contribution in [0.1, 0.15) is 0 Å². The number of benzene rings is 1. The van der Waals surface area contributed by atoms with E-state index in [4.69, 9.17) is 0 Å². The lowest BCUT2D eigenvalue weighted by Crippen LogP contribution is -2.48. The fourth-order valence-corrected chi connectivity index (χ4v) is 2.32. The van der Waals surface area contributed by atoms with Gasteiger partial charge in [0.05, 0.1) is 11.0 Å². The largest absolute Gasteiger partial charge is 0.389 e. The Morgan fingerprint density at radius 2 is 1.85 bits per heavy atom. The van der Waals surface area contributed by atoms with Crippen molar-refractivity contribution in [3.05, 3.63) is 34.4 Å². The Balaban J connectivity index is 1.88. The summed E-state index contributed by atoms with van der Waals surface area (Å²) in [5.74, 6) is 0. The van der Waals surface area contributed by atoms with Crippen molar-refractivity contribution in [1.82, 2.24) is 4.90 Å². The highest BCUT2D eigenvalue weighted by molar-refractivity contribution is 5.51. The summed E-state index contributed by atoms with van der Waals surface area (Å²) in [6, 6.07) is 6.47. The van der Waals surface area contributed by atoms with Crippen LogP contribution in [-0.2, 0) is 0 Å². The van der Waals surface area contributed by atoms with Crippen molar-refractivity contribution in [2.24, 2.45) is 0 Å². The number of hydrogen-bond acceptors (Lipinski definition) is 5. The summed E-state index contributed by atoms with van der Waals surface area (Å²) in [5.41, 5.74) is 1.03. The molecule has 0 aliphatic carbocycles. The monoisotopic (exact) mass is 283 g/mol. The summed E-state index contributed by atoms with van der Waals surface area (Å²) in [4.78, 5) is 14.3. The van der Waals surface area contributed by atoms with E-state index in [-0.39, 0.29) is 5.69 Å². The molecule has 0 aromatic heterocycles. The lowest BCUT2D eigenvalue weighted by molar-refractivity contribution is -0.384. The van der Waals surface area contributed by atoms with E-state index in [9.17, 15) is 19.6 Å². The Kier molecular flexibility index (Phi) is 4.86. The number of nitro benzene ring substituents is 1. The van der Waals surface area contributed by atoms with Crippen LogP contribution in [0.25, 0.3) is 0 Å². The molecule has 6 nitrogen and oxygen atoms in total. The molecular formula is C13H18FN3O3. The minimum absolute atomic E-state index is 0.0819. The van der Waals surface area contributed by atoms with Crippen LogP contribution in [0.3, 0.4) is 0 Å². The van der Waals surface area contributed by atoms with Crippen molar-refractivity contribution in [1.29, 1.82) is 0 Å². The lowest BCUT2D eigenvalue weighted by atomic mass is 10.2. The molecule has 0 radical (unpaired) electrons. The maximum Gasteiger partial charge on any atom is 0.269 e. The molecule has 1 fully saturated rings. The second kappa shape index (κ2) is 6.62. The second-order valence-corrected chi connectivity index (χ2v) is 4.87. The van der Waals surface area contributed by atoms with Gasteiger partial charge in [0, 0.05) is 50.5 Å². The highest BCUT2D eigenvalue weighted by Crippen LogP contribution is 2.20. The van der Waals surface area contributed by atoms with Gasteiger partial charge in [0.2, 0.25) is 0 Å². The number of aliphatic hydroxyl groups is 1. The van der Waals surface area contributed by atoms with Gasteiger partial charge in [-0.3, -0.25) is 15.0 Å². The number of rotatable bonds is 5. The molecule has 7 heteroatoms. The van der Waals surface area contributed by atoms with Crippen molar-refractivity contribution in [3.8, 4) is 0 Å². The van der Waals surface area contributed by atoms with Gasteiger partial charge in [-0.2, -0.15) is 0 Å². The summed E-state index contributed by atoms with van der Waals surface area (Å²) < 4.78 is 12.2. The maximum absolute atomic E-state index is 12.2. The summed E-state index contributed by atoms with van der Waals surface area (Å²) in [6.07, 6.45) is -0.916. The van der Waals surface area contributed by atoms with E-state index in [0.29, 0.717) is 6.54 Å². The van der Waals surface area contributed by atoms with Crippen LogP contribution in [0, 0.1) is 10.1 Å². The number of piperazine rings is 1. The van der Waals surface area contributed by atoms with Gasteiger partial charge >= 0.3 is 0 Å². The van der Waals surface area contributed by atoms with E-state index in [1.54, 1.807) is 12.1 Å². The van der Waals surface area contributed by atoms with Crippen molar-refractivity contribution >= 4 is 11.4 Å². The number of anilines is 1. The van der Waals surface area contributed by atoms with Crippen LogP contribution in [0.5, 0.6) is 0 Å². The van der Waals surface area contributed by atoms with Crippen molar-refractivity contribution < 1.29 is 14.4 Å². The first-order chi connectivity index (χ1) is 9.60. The third-order valence-electron chi connectivity index (χ3n) is 3.45. The normalized spacial score (nSPS) is 18.0. The van der Waals surface area contributed by atoms with Crippen molar-refractivity contribution in [3.63, 3.8) is 0 Å². The number of hydrogen-bond donors (Lipinski definition) is 1. The smallest absolute Gasteiger partial charge is 0.269 e. The summed E-state index contributed by atoms with van der Waals surface area (Å²) in [6.45, 7) is 2.64. The Hall–Kier alpha value is -1.73. The zero-order valence-corrected chi connectivity index (χ0v) is 11.1. The molecule has 1 atom stereocenters. The molecule has 2 rings (SSSR count). The number of aliphatic hydroxyl groups excluding tert-OH is 1. The van der Waals surface area contributed by atoms with E-state index < -0.39 is 17.7 Å². The van der Waals surface area contributed by atoms with Crippen LogP contribution < -0.4 is 4.90 Å². The van der Waals surface area contributed by atoms with Gasteiger partial charge in [-0.15, -0.1) is 0 Å². The van der Waals surface area contributed by atoms with Crippen molar-refractivity contribution in [2.45, 2.75) is 6.10 Å². The first kappa shape index (κ1) is 14.7. The standard InChI is InChI=1S/C13H18FN3O3/c14-9-13(18)10-15-5-7-16(8-6-15)11-1-3-12(4-2-11)17(19)20/h1-4,13,18H,5-10H2. The number of nitro groups is 1. The summed E-state index contributed by atoms with van der Waals surface area (Å²) in [5, 5.41) is 19.9. The molecule has 1 N–H and O–H groups in total. The molecule has 1 aliphatic rings. The van der Waals surface area contributed by atoms with E-state index in [2.05, 4.69) is 4.90 Å². The van der Waals surface area contributed by atoms with Gasteiger partial charge in [0.15, 0.2) is 0 Å². The Morgan fingerprint density at radius 1 is 1.25 bits per heavy atom. The molecule has 110 valence electrons. The molecule has 1 aliphatic heterocycles. The average Bonchev–Trinajstić information content (AvgIpc) is 2.48. The third kappa shape index (κ3) is 3.64. The molecule has 1 heterocycles. The number of β-amino-alcohol motifs (C(OH)–C–C–N with tert-alkyl or cyclic N) is 1. The fraction of sp³-hybridized carbons (Fsp3) is 0.538. The van der Waals surface area contributed by atoms with E-state index in [1.165, 1.54) is 12.1 Å². The maximum atomic E-state index is 12.2. The quantitative estimate of drug-likeness (QED) is 0.646. The Morgan fingerprint density at radius 3 is 2.35 bits per heavy atom. The fourth-order valence-electron chi connectivity index (χ4n) is 2.32. The van der Waals surface area contributed by atoms with Crippen LogP contribution >= 0.6 is 0 Å². The van der Waals surface area contributed by atoms with Gasteiger partial charge < -0.3 is 10.0 Å². The predicted molar refractivity (Wildman–Crippen MR) is 73.7 cm³/mol. The average molecular weight is 283 g/mol. The zero-order valence-electron chi connectivity index (χ0n) is 11.1. The zero-order chi connectivity index (χ0) is 14.5. The summed E-state index contributed by atoms with van der Waals surface area (Å²) >= 11 is 0. The summed E-state index contributed by atoms with van der Waals surface area (Å²) in [7, 11) is 0. The van der Waals surface area contributed by atoms with Crippen LogP contribution in [-0.4, -0.2) is 60.4 Å². The molecule has 0 bridgehead atoms. The third-order valence-corrected chi connectivity index (χ3v) is 3.45. The Labute approximate surface area is 116 Å². The first-order valence-corrected chi connectivity index (χ1v) is 6.56. The molecule has 0 amide bonds. The number of non-ortho nitro benzene ring substituents is 1. The number of halogens is 1. The van der Waals surface area contributed by atoms with Gasteiger partial charge in [-0.1, -0.05) is 0 Å². The molecule has 0 saturated carbocycles. The van der Waals surface area contributed by atoms with Gasteiger partial charge in [0.1, 0.15) is 6.67 Å². The molecule has 1 aromatic rings. The first-order valence-electron chi connectivity index (χ1n) is 6.56. The topological polar surface area (TPSA) is 69.9 Å². The van der Waals surface area contributed by atoms with Gasteiger partial charge in [0.25, 0.3) is 5.69 Å². The van der Waals surface area contributed by atoms with E-state index in [0.717, 1.165) is 31.9 Å². The molecule has 1 saturated heterocycles. The predicted octanol–water partition coefficient (Wildman–Crippen LogP) is 1.05. The van der Waals surface area contributed by atoms with E-state index >= 15 is 0 Å². The molecule has 1 aromatic carbocycles. The lowest BCUT2D eigenvalue weighted by Gasteiger charge is -2.36.